The summed E-state index contributed by atoms with van der Waals surface area (Å²) in [5.74, 6) is 1.23. The summed E-state index contributed by atoms with van der Waals surface area (Å²) >= 11 is 0. The predicted octanol–water partition coefficient (Wildman–Crippen LogP) is 3.19. The molecule has 4 heteroatoms. The van der Waals surface area contributed by atoms with E-state index in [2.05, 4.69) is 37.1 Å². The van der Waals surface area contributed by atoms with E-state index in [1.54, 1.807) is 13.3 Å². The normalized spacial score (nSPS) is 14.3. The van der Waals surface area contributed by atoms with Gasteiger partial charge < -0.3 is 14.8 Å². The van der Waals surface area contributed by atoms with Gasteiger partial charge in [0.1, 0.15) is 5.75 Å². The zero-order chi connectivity index (χ0) is 15.0. The highest BCUT2D eigenvalue weighted by atomic mass is 16.5. The lowest BCUT2D eigenvalue weighted by molar-refractivity contribution is 0.0325. The van der Waals surface area contributed by atoms with Crippen LogP contribution in [0, 0.1) is 5.92 Å². The number of aromatic nitrogens is 1. The fourth-order valence-electron chi connectivity index (χ4n) is 2.37. The average molecular weight is 280 g/mol. The fraction of sp³-hybridized carbons (Fsp3) is 0.688. The maximum atomic E-state index is 5.69. The van der Waals surface area contributed by atoms with Crippen molar-refractivity contribution < 1.29 is 9.47 Å². The Morgan fingerprint density at radius 3 is 2.55 bits per heavy atom. The quantitative estimate of drug-likeness (QED) is 0.754. The average Bonchev–Trinajstić information content (AvgIpc) is 2.43. The van der Waals surface area contributed by atoms with Crippen molar-refractivity contribution in [3.05, 3.63) is 24.0 Å². The molecule has 0 aliphatic rings. The summed E-state index contributed by atoms with van der Waals surface area (Å²) < 4.78 is 11.2. The fourth-order valence-corrected chi connectivity index (χ4v) is 2.37. The maximum Gasteiger partial charge on any atom is 0.137 e. The minimum absolute atomic E-state index is 0.111. The molecule has 0 aromatic carbocycles. The van der Waals surface area contributed by atoms with Crippen LogP contribution < -0.4 is 10.1 Å². The van der Waals surface area contributed by atoms with Gasteiger partial charge in [-0.2, -0.15) is 0 Å². The van der Waals surface area contributed by atoms with Crippen molar-refractivity contribution in [2.45, 2.75) is 46.3 Å². The van der Waals surface area contributed by atoms with E-state index in [4.69, 9.17) is 9.47 Å². The van der Waals surface area contributed by atoms with Gasteiger partial charge in [0.15, 0.2) is 0 Å². The Morgan fingerprint density at radius 1 is 1.25 bits per heavy atom. The second-order valence-corrected chi connectivity index (χ2v) is 5.26. The molecule has 114 valence electrons. The zero-order valence-corrected chi connectivity index (χ0v) is 13.3. The molecule has 0 aliphatic carbocycles. The summed E-state index contributed by atoms with van der Waals surface area (Å²) in [6.45, 7) is 10.1. The van der Waals surface area contributed by atoms with Crippen molar-refractivity contribution >= 4 is 0 Å². The van der Waals surface area contributed by atoms with Gasteiger partial charge in [-0.3, -0.25) is 4.98 Å². The Hall–Kier alpha value is -1.13. The first-order valence-corrected chi connectivity index (χ1v) is 7.47. The first kappa shape index (κ1) is 16.9. The van der Waals surface area contributed by atoms with Crippen molar-refractivity contribution in [2.75, 3.05) is 20.3 Å². The number of hydrogen-bond acceptors (Lipinski definition) is 4. The minimum Gasteiger partial charge on any atom is -0.492 e. The van der Waals surface area contributed by atoms with Crippen molar-refractivity contribution in [1.29, 1.82) is 0 Å². The van der Waals surface area contributed by atoms with Crippen LogP contribution in [0.2, 0.25) is 0 Å². The number of nitrogens with one attached hydrogen (secondary N) is 1. The molecule has 1 heterocycles. The van der Waals surface area contributed by atoms with Crippen LogP contribution >= 0.6 is 0 Å². The Bertz CT molecular complexity index is 382. The van der Waals surface area contributed by atoms with Crippen molar-refractivity contribution in [3.8, 4) is 5.75 Å². The van der Waals surface area contributed by atoms with Gasteiger partial charge in [0.05, 0.1) is 24.9 Å². The SMILES string of the molecule is CCCNC(c1cncc(OCC)c1)C(OC)C(C)C. The van der Waals surface area contributed by atoms with Crippen LogP contribution in [0.15, 0.2) is 18.5 Å². The van der Waals surface area contributed by atoms with Crippen molar-refractivity contribution in [1.82, 2.24) is 10.3 Å². The van der Waals surface area contributed by atoms with Crippen LogP contribution in [-0.4, -0.2) is 31.3 Å². The summed E-state index contributed by atoms with van der Waals surface area (Å²) in [6, 6.07) is 2.19. The van der Waals surface area contributed by atoms with Gasteiger partial charge >= 0.3 is 0 Å². The monoisotopic (exact) mass is 280 g/mol. The number of methoxy groups -OCH3 is 1. The van der Waals surface area contributed by atoms with E-state index in [-0.39, 0.29) is 12.1 Å². The summed E-state index contributed by atoms with van der Waals surface area (Å²) in [7, 11) is 1.77. The molecule has 2 atom stereocenters. The van der Waals surface area contributed by atoms with Crippen LogP contribution in [0.1, 0.15) is 45.7 Å². The molecule has 0 saturated carbocycles. The predicted molar refractivity (Wildman–Crippen MR) is 82.1 cm³/mol. The number of ether oxygens (including phenoxy) is 2. The molecule has 0 aliphatic heterocycles. The van der Waals surface area contributed by atoms with Crippen LogP contribution in [0.5, 0.6) is 5.75 Å². The molecule has 0 bridgehead atoms. The summed E-state index contributed by atoms with van der Waals surface area (Å²) in [5.41, 5.74) is 1.12. The van der Waals surface area contributed by atoms with E-state index in [1.807, 2.05) is 13.1 Å². The van der Waals surface area contributed by atoms with E-state index in [0.717, 1.165) is 24.3 Å². The van der Waals surface area contributed by atoms with Gasteiger partial charge in [-0.05, 0) is 37.4 Å². The highest BCUT2D eigenvalue weighted by Gasteiger charge is 2.26. The summed E-state index contributed by atoms with van der Waals surface area (Å²) in [5, 5.41) is 3.57. The van der Waals surface area contributed by atoms with Crippen LogP contribution in [-0.2, 0) is 4.74 Å². The van der Waals surface area contributed by atoms with Gasteiger partial charge in [0.2, 0.25) is 0 Å². The van der Waals surface area contributed by atoms with E-state index < -0.39 is 0 Å². The number of nitrogens with zero attached hydrogens (tertiary/aromatic N) is 1. The van der Waals surface area contributed by atoms with E-state index in [1.165, 1.54) is 0 Å². The van der Waals surface area contributed by atoms with Gasteiger partial charge in [0, 0.05) is 13.3 Å². The molecule has 0 radical (unpaired) electrons. The van der Waals surface area contributed by atoms with Crippen LogP contribution in [0.4, 0.5) is 0 Å². The highest BCUT2D eigenvalue weighted by Crippen LogP contribution is 2.26. The number of hydrogen-bond donors (Lipinski definition) is 1. The Morgan fingerprint density at radius 2 is 2.00 bits per heavy atom. The third-order valence-electron chi connectivity index (χ3n) is 3.28. The summed E-state index contributed by atoms with van der Waals surface area (Å²) in [4.78, 5) is 4.29. The lowest BCUT2D eigenvalue weighted by Crippen LogP contribution is -2.37. The topological polar surface area (TPSA) is 43.4 Å². The molecule has 0 spiro atoms. The lowest BCUT2D eigenvalue weighted by atomic mass is 9.94. The molecule has 1 aromatic heterocycles. The van der Waals surface area contributed by atoms with Crippen molar-refractivity contribution in [3.63, 3.8) is 0 Å². The summed E-state index contributed by atoms with van der Waals surface area (Å²) in [6.07, 6.45) is 4.84. The second kappa shape index (κ2) is 8.93. The Balaban J connectivity index is 2.99. The molecular weight excluding hydrogens is 252 g/mol. The number of pyridine rings is 1. The maximum absolute atomic E-state index is 5.69. The molecule has 2 unspecified atom stereocenters. The Labute approximate surface area is 122 Å². The first-order valence-electron chi connectivity index (χ1n) is 7.47. The van der Waals surface area contributed by atoms with Gasteiger partial charge in [-0.15, -0.1) is 0 Å². The number of rotatable bonds is 9. The van der Waals surface area contributed by atoms with E-state index in [0.29, 0.717) is 12.5 Å². The smallest absolute Gasteiger partial charge is 0.137 e. The molecule has 1 rings (SSSR count). The van der Waals surface area contributed by atoms with Gasteiger partial charge in [-0.25, -0.2) is 0 Å². The third-order valence-corrected chi connectivity index (χ3v) is 3.28. The zero-order valence-electron chi connectivity index (χ0n) is 13.3. The molecule has 0 fully saturated rings. The molecular formula is C16H28N2O2. The first-order chi connectivity index (χ1) is 9.63. The molecule has 20 heavy (non-hydrogen) atoms. The molecule has 4 nitrogen and oxygen atoms in total. The van der Waals surface area contributed by atoms with E-state index >= 15 is 0 Å². The van der Waals surface area contributed by atoms with Crippen LogP contribution in [0.25, 0.3) is 0 Å². The largest absolute Gasteiger partial charge is 0.492 e. The molecule has 1 N–H and O–H groups in total. The molecule has 0 amide bonds. The standard InChI is InChI=1S/C16H28N2O2/c1-6-8-18-15(16(19-5)12(3)4)13-9-14(20-7-2)11-17-10-13/h9-12,15-16,18H,6-8H2,1-5H3. The molecule has 0 saturated heterocycles. The van der Waals surface area contributed by atoms with E-state index in [9.17, 15) is 0 Å². The minimum atomic E-state index is 0.111. The van der Waals surface area contributed by atoms with Crippen LogP contribution in [0.3, 0.4) is 0 Å². The second-order valence-electron chi connectivity index (χ2n) is 5.26. The lowest BCUT2D eigenvalue weighted by Gasteiger charge is -2.30. The Kier molecular flexibility index (Phi) is 7.55. The highest BCUT2D eigenvalue weighted by molar-refractivity contribution is 5.27. The van der Waals surface area contributed by atoms with Crippen molar-refractivity contribution in [2.24, 2.45) is 5.92 Å². The molecule has 1 aromatic rings. The van der Waals surface area contributed by atoms with Gasteiger partial charge in [-0.1, -0.05) is 20.8 Å². The third kappa shape index (κ3) is 4.76. The van der Waals surface area contributed by atoms with Gasteiger partial charge in [0.25, 0.3) is 0 Å².